The van der Waals surface area contributed by atoms with Crippen molar-refractivity contribution in [3.8, 4) is 10.6 Å². The first kappa shape index (κ1) is 20.9. The number of sulfonamides is 1. The minimum atomic E-state index is -4.46. The number of benzene rings is 1. The van der Waals surface area contributed by atoms with E-state index in [1.54, 1.807) is 6.92 Å². The molecule has 30 heavy (non-hydrogen) atoms. The number of imidazole rings is 1. The normalized spacial score (nSPS) is 15.9. The molecule has 2 aromatic heterocycles. The maximum Gasteiger partial charge on any atom is 0.326 e. The van der Waals surface area contributed by atoms with Gasteiger partial charge in [0.2, 0.25) is 10.0 Å². The summed E-state index contributed by atoms with van der Waals surface area (Å²) in [6.07, 6.45) is -1.88. The smallest absolute Gasteiger partial charge is 0.305 e. The second-order valence-electron chi connectivity index (χ2n) is 7.14. The van der Waals surface area contributed by atoms with Crippen LogP contribution in [0.1, 0.15) is 31.2 Å². The Hall–Kier alpha value is -2.32. The molecule has 0 unspecified atom stereocenters. The van der Waals surface area contributed by atoms with Crippen molar-refractivity contribution in [2.75, 3.05) is 6.67 Å². The molecule has 1 aliphatic rings. The van der Waals surface area contributed by atoms with Gasteiger partial charge in [-0.25, -0.2) is 35.5 Å². The van der Waals surface area contributed by atoms with E-state index in [9.17, 15) is 26.4 Å². The minimum Gasteiger partial charge on any atom is -0.305 e. The summed E-state index contributed by atoms with van der Waals surface area (Å²) in [5.74, 6) is -1.23. The number of alkyl halides is 3. The molecule has 162 valence electrons. The van der Waals surface area contributed by atoms with Gasteiger partial charge in [0.15, 0.2) is 10.0 Å². The Morgan fingerprint density at radius 2 is 2.07 bits per heavy atom. The second kappa shape index (κ2) is 7.13. The predicted octanol–water partition coefficient (Wildman–Crippen LogP) is 2.73. The number of H-pyrrole nitrogens is 1. The summed E-state index contributed by atoms with van der Waals surface area (Å²) in [7, 11) is -4.46. The lowest BCUT2D eigenvalue weighted by Crippen LogP contribution is -2.35. The first-order valence-corrected chi connectivity index (χ1v) is 11.0. The van der Waals surface area contributed by atoms with Crippen molar-refractivity contribution in [3.63, 3.8) is 0 Å². The van der Waals surface area contributed by atoms with Crippen molar-refractivity contribution in [1.29, 1.82) is 0 Å². The predicted molar refractivity (Wildman–Crippen MR) is 100 cm³/mol. The Balaban J connectivity index is 2.05. The van der Waals surface area contributed by atoms with Crippen molar-refractivity contribution in [2.24, 2.45) is 0 Å². The van der Waals surface area contributed by atoms with Crippen LogP contribution in [0, 0.1) is 5.82 Å². The maximum absolute atomic E-state index is 15.1. The quantitative estimate of drug-likeness (QED) is 0.522. The second-order valence-corrected chi connectivity index (χ2v) is 9.77. The van der Waals surface area contributed by atoms with Gasteiger partial charge in [0, 0.05) is 11.6 Å². The van der Waals surface area contributed by atoms with Crippen molar-refractivity contribution in [1.82, 2.24) is 24.5 Å². The van der Waals surface area contributed by atoms with Crippen LogP contribution in [-0.4, -0.2) is 40.4 Å². The van der Waals surface area contributed by atoms with Crippen molar-refractivity contribution >= 4 is 32.4 Å². The molecule has 0 bridgehead atoms. The van der Waals surface area contributed by atoms with Crippen LogP contribution in [0.25, 0.3) is 21.6 Å². The Kier molecular flexibility index (Phi) is 4.97. The number of nitrogens with one attached hydrogen (secondary N) is 2. The molecule has 0 amide bonds. The van der Waals surface area contributed by atoms with Crippen LogP contribution >= 0.6 is 11.3 Å². The molecular formula is C16H15F4N5O3S2. The summed E-state index contributed by atoms with van der Waals surface area (Å²) in [4.78, 5) is 13.8. The van der Waals surface area contributed by atoms with Gasteiger partial charge in [0.25, 0.3) is 6.43 Å². The van der Waals surface area contributed by atoms with Crippen LogP contribution in [0.5, 0.6) is 0 Å². The Labute approximate surface area is 171 Å². The molecule has 1 aromatic carbocycles. The number of hydrogen-bond donors (Lipinski definition) is 2. The van der Waals surface area contributed by atoms with Gasteiger partial charge < -0.3 is 4.98 Å². The average Bonchev–Trinajstić information content (AvgIpc) is 3.05. The van der Waals surface area contributed by atoms with Crippen molar-refractivity contribution < 1.29 is 26.0 Å². The Morgan fingerprint density at radius 1 is 1.37 bits per heavy atom. The zero-order valence-electron chi connectivity index (χ0n) is 15.4. The lowest BCUT2D eigenvalue weighted by molar-refractivity contribution is 0.150. The van der Waals surface area contributed by atoms with E-state index in [0.717, 1.165) is 10.6 Å². The summed E-state index contributed by atoms with van der Waals surface area (Å²) >= 11 is 0.373. The van der Waals surface area contributed by atoms with E-state index in [2.05, 4.69) is 19.9 Å². The fourth-order valence-corrected chi connectivity index (χ4v) is 5.66. The summed E-state index contributed by atoms with van der Waals surface area (Å²) in [6, 6.07) is 0.797. The Morgan fingerprint density at radius 3 is 2.63 bits per heavy atom. The first-order valence-electron chi connectivity index (χ1n) is 8.73. The number of nitrogens with zero attached hydrogens (tertiary/aromatic N) is 3. The monoisotopic (exact) mass is 465 g/mol. The molecule has 3 aromatic rings. The molecule has 4 rings (SSSR count). The molecule has 0 spiro atoms. The van der Waals surface area contributed by atoms with Gasteiger partial charge in [-0.2, -0.15) is 0 Å². The standard InChI is InChI=1S/C16H15F4N5O3S2/c1-16(2-3-16)24-30(27,28)11-7(18)6-8-10(21-15(26)25(8)5-4-17)9(11)13-22-23-14(29-13)12(19)20/h6,12,24H,2-5H2,1H3,(H,21,26). The maximum atomic E-state index is 15.1. The lowest BCUT2D eigenvalue weighted by Gasteiger charge is -2.16. The zero-order valence-corrected chi connectivity index (χ0v) is 17.0. The first-order chi connectivity index (χ1) is 14.1. The molecule has 0 radical (unpaired) electrons. The molecule has 1 fully saturated rings. The fourth-order valence-electron chi connectivity index (χ4n) is 3.10. The highest BCUT2D eigenvalue weighted by molar-refractivity contribution is 7.89. The van der Waals surface area contributed by atoms with Crippen LogP contribution in [0.4, 0.5) is 17.6 Å². The minimum absolute atomic E-state index is 0.115. The number of aromatic amines is 1. The van der Waals surface area contributed by atoms with E-state index in [4.69, 9.17) is 0 Å². The summed E-state index contributed by atoms with van der Waals surface area (Å²) in [5.41, 5.74) is -2.23. The molecule has 8 nitrogen and oxygen atoms in total. The van der Waals surface area contributed by atoms with Crippen LogP contribution in [0.15, 0.2) is 15.8 Å². The molecule has 2 N–H and O–H groups in total. The highest BCUT2D eigenvalue weighted by Gasteiger charge is 2.43. The number of hydrogen-bond acceptors (Lipinski definition) is 6. The van der Waals surface area contributed by atoms with Gasteiger partial charge in [-0.1, -0.05) is 11.3 Å². The molecule has 1 aliphatic carbocycles. The number of rotatable bonds is 7. The molecule has 0 atom stereocenters. The molecule has 2 heterocycles. The molecule has 0 saturated heterocycles. The Bertz CT molecular complexity index is 1290. The summed E-state index contributed by atoms with van der Waals surface area (Å²) in [6.45, 7) is 0.302. The van der Waals surface area contributed by atoms with Crippen LogP contribution in [0.3, 0.4) is 0 Å². The molecular weight excluding hydrogens is 450 g/mol. The highest BCUT2D eigenvalue weighted by atomic mass is 32.2. The fraction of sp³-hybridized carbons (Fsp3) is 0.438. The summed E-state index contributed by atoms with van der Waals surface area (Å²) in [5, 5.41) is 5.91. The van der Waals surface area contributed by atoms with Gasteiger partial charge in [0.05, 0.1) is 23.1 Å². The van der Waals surface area contributed by atoms with E-state index >= 15 is 4.39 Å². The van der Waals surface area contributed by atoms with Crippen LogP contribution < -0.4 is 10.4 Å². The van der Waals surface area contributed by atoms with Gasteiger partial charge >= 0.3 is 5.69 Å². The van der Waals surface area contributed by atoms with E-state index in [1.165, 1.54) is 0 Å². The topological polar surface area (TPSA) is 110 Å². The lowest BCUT2D eigenvalue weighted by atomic mass is 10.2. The van der Waals surface area contributed by atoms with E-state index < -0.39 is 62.2 Å². The van der Waals surface area contributed by atoms with Crippen molar-refractivity contribution in [2.45, 2.75) is 43.2 Å². The number of halogens is 4. The van der Waals surface area contributed by atoms with Gasteiger partial charge in [-0.3, -0.25) is 4.57 Å². The van der Waals surface area contributed by atoms with Crippen LogP contribution in [0.2, 0.25) is 0 Å². The SMILES string of the molecule is CC1(NS(=O)(=O)c2c(F)cc3c([nH]c(=O)n3CCF)c2-c2nnc(C(F)F)s2)CC1. The van der Waals surface area contributed by atoms with Gasteiger partial charge in [0.1, 0.15) is 17.4 Å². The third-order valence-corrected chi connectivity index (χ3v) is 7.43. The summed E-state index contributed by atoms with van der Waals surface area (Å²) < 4.78 is 83.3. The zero-order chi connectivity index (χ0) is 21.8. The van der Waals surface area contributed by atoms with E-state index in [-0.39, 0.29) is 16.0 Å². The number of fused-ring (bicyclic) bond motifs is 1. The number of aromatic nitrogens is 4. The number of aryl methyl sites for hydroxylation is 1. The largest absolute Gasteiger partial charge is 0.326 e. The van der Waals surface area contributed by atoms with Crippen molar-refractivity contribution in [3.05, 3.63) is 27.4 Å². The highest BCUT2D eigenvalue weighted by Crippen LogP contribution is 2.41. The van der Waals surface area contributed by atoms with Crippen LogP contribution in [-0.2, 0) is 16.6 Å². The molecule has 14 heteroatoms. The van der Waals surface area contributed by atoms with E-state index in [1.807, 2.05) is 0 Å². The molecule has 1 saturated carbocycles. The average molecular weight is 465 g/mol. The van der Waals surface area contributed by atoms with Gasteiger partial charge in [-0.05, 0) is 19.8 Å². The van der Waals surface area contributed by atoms with E-state index in [0.29, 0.717) is 24.2 Å². The third-order valence-electron chi connectivity index (χ3n) is 4.78. The van der Waals surface area contributed by atoms with Gasteiger partial charge in [-0.15, -0.1) is 10.2 Å². The third kappa shape index (κ3) is 3.52. The molecule has 0 aliphatic heterocycles.